The molecular formula is C19H26NOS+. The molecule has 1 aromatic carbocycles. The SMILES string of the molecule is c1csc(COc2ccc(C[NH2+]C3CCCCCC3)cc2)c1. The number of hydrogen-bond donors (Lipinski definition) is 1. The summed E-state index contributed by atoms with van der Waals surface area (Å²) >= 11 is 1.74. The van der Waals surface area contributed by atoms with Crippen molar-refractivity contribution in [3.63, 3.8) is 0 Å². The van der Waals surface area contributed by atoms with E-state index in [0.29, 0.717) is 6.61 Å². The van der Waals surface area contributed by atoms with Crippen LogP contribution in [0.4, 0.5) is 0 Å². The van der Waals surface area contributed by atoms with Crippen LogP contribution in [0.2, 0.25) is 0 Å². The first kappa shape index (κ1) is 15.6. The summed E-state index contributed by atoms with van der Waals surface area (Å²) in [7, 11) is 0. The fourth-order valence-electron chi connectivity index (χ4n) is 3.12. The minimum absolute atomic E-state index is 0.672. The third-order valence-electron chi connectivity index (χ3n) is 4.47. The summed E-state index contributed by atoms with van der Waals surface area (Å²) in [5, 5.41) is 4.62. The van der Waals surface area contributed by atoms with E-state index < -0.39 is 0 Å². The molecule has 0 amide bonds. The van der Waals surface area contributed by atoms with E-state index in [1.807, 2.05) is 0 Å². The van der Waals surface area contributed by atoms with Gasteiger partial charge in [0.25, 0.3) is 0 Å². The summed E-state index contributed by atoms with van der Waals surface area (Å²) < 4.78 is 5.82. The Kier molecular flexibility index (Phi) is 5.91. The zero-order chi connectivity index (χ0) is 15.0. The van der Waals surface area contributed by atoms with Gasteiger partial charge in [-0.05, 0) is 61.4 Å². The lowest BCUT2D eigenvalue weighted by Crippen LogP contribution is -2.88. The smallest absolute Gasteiger partial charge is 0.122 e. The lowest BCUT2D eigenvalue weighted by Gasteiger charge is -2.13. The molecule has 1 heterocycles. The van der Waals surface area contributed by atoms with E-state index in [-0.39, 0.29) is 0 Å². The molecule has 0 bridgehead atoms. The topological polar surface area (TPSA) is 25.8 Å². The summed E-state index contributed by atoms with van der Waals surface area (Å²) in [4.78, 5) is 1.27. The van der Waals surface area contributed by atoms with Crippen LogP contribution in [0.1, 0.15) is 49.0 Å². The molecule has 1 fully saturated rings. The molecule has 2 N–H and O–H groups in total. The van der Waals surface area contributed by atoms with Gasteiger partial charge in [0.15, 0.2) is 0 Å². The number of benzene rings is 1. The van der Waals surface area contributed by atoms with Gasteiger partial charge in [-0.3, -0.25) is 0 Å². The Morgan fingerprint density at radius 2 is 1.77 bits per heavy atom. The molecule has 2 nitrogen and oxygen atoms in total. The first-order valence-corrected chi connectivity index (χ1v) is 9.35. The van der Waals surface area contributed by atoms with Crippen molar-refractivity contribution in [2.75, 3.05) is 0 Å². The molecular weight excluding hydrogens is 290 g/mol. The van der Waals surface area contributed by atoms with E-state index in [1.54, 1.807) is 11.3 Å². The maximum Gasteiger partial charge on any atom is 0.122 e. The summed E-state index contributed by atoms with van der Waals surface area (Å²) in [6.07, 6.45) is 8.47. The van der Waals surface area contributed by atoms with Crippen molar-refractivity contribution in [3.05, 3.63) is 52.2 Å². The minimum atomic E-state index is 0.672. The number of nitrogens with two attached hydrogens (primary N) is 1. The van der Waals surface area contributed by atoms with E-state index >= 15 is 0 Å². The van der Waals surface area contributed by atoms with Crippen LogP contribution in [-0.2, 0) is 13.2 Å². The average Bonchev–Trinajstić information content (AvgIpc) is 2.94. The molecule has 3 heteroatoms. The highest BCUT2D eigenvalue weighted by Gasteiger charge is 2.14. The first-order chi connectivity index (χ1) is 10.9. The highest BCUT2D eigenvalue weighted by molar-refractivity contribution is 7.09. The standard InChI is InChI=1S/C19H25NOS/c1-2-4-7-17(6-3-1)20-14-16-9-11-18(12-10-16)21-15-19-8-5-13-22-19/h5,8-13,17,20H,1-4,6-7,14-15H2/p+1. The number of quaternary nitrogens is 1. The van der Waals surface area contributed by atoms with Gasteiger partial charge in [-0.25, -0.2) is 0 Å². The largest absolute Gasteiger partial charge is 0.488 e. The van der Waals surface area contributed by atoms with Crippen LogP contribution in [0, 0.1) is 0 Å². The van der Waals surface area contributed by atoms with E-state index in [0.717, 1.165) is 18.3 Å². The average molecular weight is 316 g/mol. The second-order valence-corrected chi connectivity index (χ2v) is 7.24. The molecule has 2 aromatic rings. The van der Waals surface area contributed by atoms with Gasteiger partial charge in [-0.1, -0.05) is 18.9 Å². The minimum Gasteiger partial charge on any atom is -0.488 e. The second kappa shape index (κ2) is 8.35. The fraction of sp³-hybridized carbons (Fsp3) is 0.474. The molecule has 1 aromatic heterocycles. The lowest BCUT2D eigenvalue weighted by atomic mass is 10.1. The Bertz CT molecular complexity index is 527. The number of rotatable bonds is 6. The predicted octanol–water partition coefficient (Wildman–Crippen LogP) is 4.11. The van der Waals surface area contributed by atoms with Crippen LogP contribution < -0.4 is 10.1 Å². The van der Waals surface area contributed by atoms with Gasteiger partial charge in [0, 0.05) is 10.4 Å². The third kappa shape index (κ3) is 4.85. The van der Waals surface area contributed by atoms with Crippen LogP contribution in [0.5, 0.6) is 5.75 Å². The van der Waals surface area contributed by atoms with Gasteiger partial charge in [0.05, 0.1) is 6.04 Å². The van der Waals surface area contributed by atoms with Crippen molar-refractivity contribution >= 4 is 11.3 Å². The number of hydrogen-bond acceptors (Lipinski definition) is 2. The molecule has 118 valence electrons. The molecule has 1 aliphatic carbocycles. The Morgan fingerprint density at radius 1 is 1.00 bits per heavy atom. The summed E-state index contributed by atoms with van der Waals surface area (Å²) in [5.41, 5.74) is 1.40. The fourth-order valence-corrected chi connectivity index (χ4v) is 3.74. The van der Waals surface area contributed by atoms with Crippen molar-refractivity contribution in [3.8, 4) is 5.75 Å². The second-order valence-electron chi connectivity index (χ2n) is 6.20. The Labute approximate surface area is 137 Å². The highest BCUT2D eigenvalue weighted by Crippen LogP contribution is 2.17. The third-order valence-corrected chi connectivity index (χ3v) is 5.32. The van der Waals surface area contributed by atoms with Gasteiger partial charge in [0.2, 0.25) is 0 Å². The van der Waals surface area contributed by atoms with E-state index in [9.17, 15) is 0 Å². The summed E-state index contributed by atoms with van der Waals surface area (Å²) in [6.45, 7) is 1.76. The molecule has 0 spiro atoms. The number of thiophene rings is 1. The van der Waals surface area contributed by atoms with Crippen LogP contribution in [0.15, 0.2) is 41.8 Å². The van der Waals surface area contributed by atoms with E-state index in [1.165, 1.54) is 49.0 Å². The molecule has 0 unspecified atom stereocenters. The van der Waals surface area contributed by atoms with Crippen molar-refractivity contribution in [1.82, 2.24) is 0 Å². The molecule has 0 atom stereocenters. The Hall–Kier alpha value is -1.32. The normalized spacial score (nSPS) is 16.4. The lowest BCUT2D eigenvalue weighted by molar-refractivity contribution is -0.705. The predicted molar refractivity (Wildman–Crippen MR) is 92.2 cm³/mol. The molecule has 3 rings (SSSR count). The maximum atomic E-state index is 5.82. The van der Waals surface area contributed by atoms with Crippen molar-refractivity contribution in [2.45, 2.75) is 57.7 Å². The van der Waals surface area contributed by atoms with E-state index in [2.05, 4.69) is 47.1 Å². The van der Waals surface area contributed by atoms with Crippen LogP contribution in [0.25, 0.3) is 0 Å². The van der Waals surface area contributed by atoms with Crippen molar-refractivity contribution < 1.29 is 10.1 Å². The zero-order valence-corrected chi connectivity index (χ0v) is 14.0. The molecule has 0 aliphatic heterocycles. The van der Waals surface area contributed by atoms with Gasteiger partial charge < -0.3 is 10.1 Å². The van der Waals surface area contributed by atoms with Crippen LogP contribution >= 0.6 is 11.3 Å². The Balaban J connectivity index is 1.44. The monoisotopic (exact) mass is 316 g/mol. The zero-order valence-electron chi connectivity index (χ0n) is 13.2. The van der Waals surface area contributed by atoms with Gasteiger partial charge in [-0.15, -0.1) is 11.3 Å². The van der Waals surface area contributed by atoms with Crippen molar-refractivity contribution in [2.24, 2.45) is 0 Å². The first-order valence-electron chi connectivity index (χ1n) is 8.47. The quantitative estimate of drug-likeness (QED) is 0.797. The van der Waals surface area contributed by atoms with E-state index in [4.69, 9.17) is 4.74 Å². The van der Waals surface area contributed by atoms with Gasteiger partial charge in [-0.2, -0.15) is 0 Å². The van der Waals surface area contributed by atoms with Crippen LogP contribution in [0.3, 0.4) is 0 Å². The highest BCUT2D eigenvalue weighted by atomic mass is 32.1. The molecule has 1 saturated carbocycles. The molecule has 22 heavy (non-hydrogen) atoms. The number of ether oxygens (including phenoxy) is 1. The molecule has 0 saturated heterocycles. The molecule has 1 aliphatic rings. The van der Waals surface area contributed by atoms with Gasteiger partial charge in [0.1, 0.15) is 18.9 Å². The van der Waals surface area contributed by atoms with Gasteiger partial charge >= 0.3 is 0 Å². The summed E-state index contributed by atoms with van der Waals surface area (Å²) in [6, 6.07) is 13.6. The maximum absolute atomic E-state index is 5.82. The summed E-state index contributed by atoms with van der Waals surface area (Å²) in [5.74, 6) is 0.964. The van der Waals surface area contributed by atoms with Crippen LogP contribution in [-0.4, -0.2) is 6.04 Å². The van der Waals surface area contributed by atoms with Crippen molar-refractivity contribution in [1.29, 1.82) is 0 Å². The molecule has 0 radical (unpaired) electrons. The Morgan fingerprint density at radius 3 is 2.45 bits per heavy atom.